The van der Waals surface area contributed by atoms with Gasteiger partial charge < -0.3 is 26.7 Å². The molecule has 0 aliphatic carbocycles. The lowest BCUT2D eigenvalue weighted by molar-refractivity contribution is -0.577. The van der Waals surface area contributed by atoms with E-state index in [-0.39, 0.29) is 23.1 Å². The molecule has 6 N–H and O–H groups in total. The minimum Gasteiger partial charge on any atom is -0.618 e. The molecule has 0 aliphatic rings. The highest BCUT2D eigenvalue weighted by Gasteiger charge is 2.10. The second-order valence-corrected chi connectivity index (χ2v) is 24.4. The summed E-state index contributed by atoms with van der Waals surface area (Å²) in [5.74, 6) is -0.855. The molecule has 0 spiro atoms. The Morgan fingerprint density at radius 2 is 0.762 bits per heavy atom. The number of nitro benzene ring substituents is 1. The molecule has 15 nitrogen and oxygen atoms in total. The maximum absolute atomic E-state index is 12.9. The van der Waals surface area contributed by atoms with Crippen LogP contribution in [-0.2, 0) is 0 Å². The van der Waals surface area contributed by atoms with E-state index < -0.39 is 12.0 Å². The first-order valence-electron chi connectivity index (χ1n) is 32.9. The van der Waals surface area contributed by atoms with E-state index in [1.807, 2.05) is 159 Å². The van der Waals surface area contributed by atoms with Crippen molar-refractivity contribution in [3.63, 3.8) is 0 Å². The number of hydrogen-bond donors (Lipinski definition) is 4. The molecular weight excluding hydrogens is 1340 g/mol. The molecule has 0 radical (unpaired) electrons. The molecule has 0 fully saturated rings. The van der Waals surface area contributed by atoms with Crippen LogP contribution in [0.15, 0.2) is 310 Å². The van der Waals surface area contributed by atoms with Crippen molar-refractivity contribution in [2.45, 2.75) is 27.7 Å². The van der Waals surface area contributed by atoms with Gasteiger partial charge >= 0.3 is 7.12 Å². The summed E-state index contributed by atoms with van der Waals surface area (Å²) in [7, 11) is -1.51. The number of aromatic nitrogens is 7. The molecular formula is C85H69BClF3N10O5. The van der Waals surface area contributed by atoms with Gasteiger partial charge in [0.2, 0.25) is 5.52 Å². The topological polar surface area (TPSA) is 240 Å². The summed E-state index contributed by atoms with van der Waals surface area (Å²) < 4.78 is 38.8. The van der Waals surface area contributed by atoms with Crippen molar-refractivity contribution in [3.8, 4) is 22.5 Å². The van der Waals surface area contributed by atoms with Crippen molar-refractivity contribution in [1.82, 2.24) is 29.9 Å². The monoisotopic (exact) mass is 1410 g/mol. The highest BCUT2D eigenvalue weighted by Crippen LogP contribution is 2.26. The summed E-state index contributed by atoms with van der Waals surface area (Å²) >= 11 is 5.75. The molecule has 0 aliphatic heterocycles. The maximum atomic E-state index is 12.9. The predicted octanol–water partition coefficient (Wildman–Crippen LogP) is 19.0. The Bertz CT molecular complexity index is 5570. The third kappa shape index (κ3) is 21.7. The number of non-ortho nitro benzene ring substituents is 1. The predicted molar refractivity (Wildman–Crippen MR) is 420 cm³/mol. The van der Waals surface area contributed by atoms with Crippen LogP contribution in [0.4, 0.5) is 30.2 Å². The number of hydrogen-bond acceptors (Lipinski definition) is 13. The molecule has 0 unspecified atom stereocenters. The summed E-state index contributed by atoms with van der Waals surface area (Å²) in [4.78, 5) is 35.8. The molecule has 10 aromatic carbocycles. The van der Waals surface area contributed by atoms with Crippen LogP contribution in [0.5, 0.6) is 0 Å². The first-order valence-corrected chi connectivity index (χ1v) is 33.2. The van der Waals surface area contributed by atoms with Crippen molar-refractivity contribution in [2.24, 2.45) is 0 Å². The minimum absolute atomic E-state index is 0.0977. The van der Waals surface area contributed by atoms with Gasteiger partial charge in [-0.25, -0.2) is 28.1 Å². The van der Waals surface area contributed by atoms with Gasteiger partial charge in [-0.1, -0.05) is 101 Å². The van der Waals surface area contributed by atoms with Gasteiger partial charge in [0.05, 0.1) is 49.4 Å². The molecule has 520 valence electrons. The van der Waals surface area contributed by atoms with E-state index in [1.54, 1.807) is 60.9 Å². The Morgan fingerprint density at radius 3 is 1.24 bits per heavy atom. The molecule has 7 heterocycles. The molecule has 0 saturated carbocycles. The van der Waals surface area contributed by atoms with E-state index in [2.05, 4.69) is 81.0 Å². The van der Waals surface area contributed by atoms with E-state index in [1.165, 1.54) is 94.5 Å². The zero-order valence-corrected chi connectivity index (χ0v) is 58.1. The number of nitrogen functional groups attached to an aromatic ring is 2. The average Bonchev–Trinajstić information content (AvgIpc) is 0.839. The van der Waals surface area contributed by atoms with Crippen LogP contribution in [0.25, 0.3) is 98.8 Å². The van der Waals surface area contributed by atoms with Gasteiger partial charge in [-0.2, -0.15) is 4.73 Å². The number of benzene rings is 10. The maximum Gasteiger partial charge on any atom is 0.488 e. The van der Waals surface area contributed by atoms with Gasteiger partial charge in [0.15, 0.2) is 6.20 Å². The number of anilines is 2. The summed E-state index contributed by atoms with van der Waals surface area (Å²) in [6.45, 7) is 8.23. The van der Waals surface area contributed by atoms with Crippen LogP contribution in [0.2, 0.25) is 5.15 Å². The minimum atomic E-state index is -1.51. The normalized spacial score (nSPS) is 10.4. The first-order chi connectivity index (χ1) is 50.7. The van der Waals surface area contributed by atoms with Gasteiger partial charge in [0.25, 0.3) is 5.69 Å². The van der Waals surface area contributed by atoms with Crippen molar-refractivity contribution >= 4 is 118 Å². The third-order valence-corrected chi connectivity index (χ3v) is 16.1. The smallest absolute Gasteiger partial charge is 0.488 e. The fourth-order valence-corrected chi connectivity index (χ4v) is 10.7. The summed E-state index contributed by atoms with van der Waals surface area (Å²) in [6.07, 6.45) is 6.77. The molecule has 17 aromatic rings. The standard InChI is InChI=1S/C16H12FN.C15H11FN2.C10H8ClN.C10H9NO.C10H9N.C9H6N2O2.C9H8N2.C6H6BFO2/c1-11-2-8-16-13(10-11)5-9-15(18-16)12-3-6-14(17)7-4-12;16-12-4-1-10(2-5-12)14-7-3-11-9-13(17)6-8-15(11)18-14;1-7-2-4-9-8(6-7)3-5-10(11)12-9;1-8-4-5-10-9(7-8)3-2-6-11(10)12;1-8-4-5-10-9(7-8)3-2-6-11-10;12-11(13)8-3-4-9-7(6-8)2-1-5-10-9;10-8-3-4-9-7(6-8)2-1-5-11-9;8-6-3-1-5(2-4-6)7(9)10/h2-10H,1H3;1-9H,17H2;2-6H,1H3;2-7H,1H3;2-7H,1H3;1-6H;1-6H,10H2;1-4,9-10H. The molecule has 0 bridgehead atoms. The van der Waals surface area contributed by atoms with Gasteiger partial charge in [0.1, 0.15) is 22.6 Å². The fourth-order valence-electron chi connectivity index (χ4n) is 10.6. The number of nitrogens with two attached hydrogens (primary N) is 2. The Kier molecular flexibility index (Phi) is 25.6. The SMILES string of the molecule is Cc1ccc2c(ccc[n+]2[O-])c1.Cc1ccc2nc(-c3ccc(F)cc3)ccc2c1.Cc1ccc2nc(Cl)ccc2c1.Cc1ccc2ncccc2c1.Nc1ccc2nc(-c3ccc(F)cc3)ccc2c1.Nc1ccc2ncccc2c1.O=[N+]([O-])c1ccc2ncccc2c1.OB(O)c1ccc(F)cc1. The van der Waals surface area contributed by atoms with Crippen molar-refractivity contribution < 1.29 is 32.9 Å². The van der Waals surface area contributed by atoms with E-state index >= 15 is 0 Å². The van der Waals surface area contributed by atoms with Crippen LogP contribution in [0, 0.1) is 60.5 Å². The number of fused-ring (bicyclic) bond motifs is 7. The molecule has 20 heteroatoms. The average molecular weight is 1410 g/mol. The lowest BCUT2D eigenvalue weighted by Gasteiger charge is -2.04. The molecule has 105 heavy (non-hydrogen) atoms. The molecule has 17 rings (SSSR count). The fraction of sp³-hybridized carbons (Fsp3) is 0.0471. The largest absolute Gasteiger partial charge is 0.618 e. The van der Waals surface area contributed by atoms with Crippen LogP contribution in [0.3, 0.4) is 0 Å². The second kappa shape index (κ2) is 36.0. The van der Waals surface area contributed by atoms with Gasteiger partial charge in [-0.05, 0) is 227 Å². The van der Waals surface area contributed by atoms with Crippen LogP contribution in [-0.4, -0.2) is 52.0 Å². The van der Waals surface area contributed by atoms with Crippen molar-refractivity contribution in [1.29, 1.82) is 0 Å². The van der Waals surface area contributed by atoms with E-state index in [9.17, 15) is 28.5 Å². The molecule has 0 amide bonds. The number of rotatable bonds is 4. The van der Waals surface area contributed by atoms with Crippen LogP contribution >= 0.6 is 11.6 Å². The third-order valence-electron chi connectivity index (χ3n) is 15.9. The summed E-state index contributed by atoms with van der Waals surface area (Å²) in [6, 6.07) is 84.8. The summed E-state index contributed by atoms with van der Waals surface area (Å²) in [5.41, 5.74) is 28.0. The number of nitrogens with zero attached hydrogens (tertiary/aromatic N) is 8. The Morgan fingerprint density at radius 1 is 0.400 bits per heavy atom. The number of nitro groups is 1. The zero-order chi connectivity index (χ0) is 74.4. The van der Waals surface area contributed by atoms with Crippen LogP contribution in [0.1, 0.15) is 22.3 Å². The van der Waals surface area contributed by atoms with Crippen molar-refractivity contribution in [2.75, 3.05) is 11.5 Å². The van der Waals surface area contributed by atoms with Gasteiger partial charge in [-0.15, -0.1) is 0 Å². The number of aryl methyl sites for hydroxylation is 4. The highest BCUT2D eigenvalue weighted by molar-refractivity contribution is 6.58. The summed E-state index contributed by atoms with van der Waals surface area (Å²) in [5, 5.41) is 46.6. The number of pyridine rings is 7. The molecule has 0 saturated heterocycles. The Balaban J connectivity index is 0.000000130. The van der Waals surface area contributed by atoms with Gasteiger partial charge in [0, 0.05) is 103 Å². The Hall–Kier alpha value is -13.1. The molecule has 7 aromatic heterocycles. The van der Waals surface area contributed by atoms with Gasteiger partial charge in [-0.3, -0.25) is 25.1 Å². The Labute approximate surface area is 608 Å². The van der Waals surface area contributed by atoms with E-state index in [0.29, 0.717) is 10.6 Å². The number of halogens is 4. The lowest BCUT2D eigenvalue weighted by atomic mass is 9.80. The lowest BCUT2D eigenvalue weighted by Crippen LogP contribution is -2.29. The quantitative estimate of drug-likeness (QED) is 0.0244. The van der Waals surface area contributed by atoms with E-state index in [0.717, 1.165) is 110 Å². The van der Waals surface area contributed by atoms with Crippen molar-refractivity contribution in [3.05, 3.63) is 370 Å². The zero-order valence-electron chi connectivity index (χ0n) is 57.4. The molecule has 0 atom stereocenters. The first kappa shape index (κ1) is 74.6. The second-order valence-electron chi connectivity index (χ2n) is 24.0. The van der Waals surface area contributed by atoms with E-state index in [4.69, 9.17) is 33.1 Å². The highest BCUT2D eigenvalue weighted by atomic mass is 35.5. The van der Waals surface area contributed by atoms with Crippen LogP contribution < -0.4 is 21.7 Å².